The van der Waals surface area contributed by atoms with Crippen LogP contribution in [0.1, 0.15) is 38.5 Å². The SMILES string of the molecule is N#CC1CCCN1C1CCCC1. The first kappa shape index (κ1) is 8.07. The smallest absolute Gasteiger partial charge is 0.0980 e. The molecule has 2 fully saturated rings. The molecule has 0 N–H and O–H groups in total. The van der Waals surface area contributed by atoms with Crippen molar-refractivity contribution in [3.05, 3.63) is 0 Å². The van der Waals surface area contributed by atoms with Crippen molar-refractivity contribution in [3.8, 4) is 6.07 Å². The van der Waals surface area contributed by atoms with E-state index in [1.807, 2.05) is 0 Å². The third-order valence-corrected chi connectivity index (χ3v) is 3.24. The van der Waals surface area contributed by atoms with E-state index in [-0.39, 0.29) is 6.04 Å². The minimum Gasteiger partial charge on any atom is -0.285 e. The highest BCUT2D eigenvalue weighted by molar-refractivity contribution is 4.99. The predicted octanol–water partition coefficient (Wildman–Crippen LogP) is 1.92. The quantitative estimate of drug-likeness (QED) is 0.592. The maximum absolute atomic E-state index is 8.91. The van der Waals surface area contributed by atoms with E-state index in [1.54, 1.807) is 0 Å². The van der Waals surface area contributed by atoms with Gasteiger partial charge in [0.1, 0.15) is 0 Å². The van der Waals surface area contributed by atoms with Gasteiger partial charge in [0.05, 0.1) is 12.1 Å². The maximum Gasteiger partial charge on any atom is 0.0980 e. The summed E-state index contributed by atoms with van der Waals surface area (Å²) in [7, 11) is 0. The van der Waals surface area contributed by atoms with Gasteiger partial charge in [0.15, 0.2) is 0 Å². The number of nitrogens with zero attached hydrogens (tertiary/aromatic N) is 2. The Kier molecular flexibility index (Phi) is 2.32. The second-order valence-electron chi connectivity index (χ2n) is 3.96. The molecule has 2 nitrogen and oxygen atoms in total. The van der Waals surface area contributed by atoms with Gasteiger partial charge in [0, 0.05) is 6.04 Å². The summed E-state index contributed by atoms with van der Waals surface area (Å²) in [5.74, 6) is 0. The standard InChI is InChI=1S/C10H16N2/c11-8-10-6-3-7-12(10)9-4-1-2-5-9/h9-10H,1-7H2. The van der Waals surface area contributed by atoms with E-state index in [0.29, 0.717) is 0 Å². The normalized spacial score (nSPS) is 32.4. The van der Waals surface area contributed by atoms with Crippen LogP contribution in [0.15, 0.2) is 0 Å². The summed E-state index contributed by atoms with van der Waals surface area (Å²) in [4.78, 5) is 2.44. The van der Waals surface area contributed by atoms with Gasteiger partial charge in [-0.1, -0.05) is 12.8 Å². The third kappa shape index (κ3) is 1.34. The van der Waals surface area contributed by atoms with Gasteiger partial charge in [-0.3, -0.25) is 4.90 Å². The van der Waals surface area contributed by atoms with Gasteiger partial charge < -0.3 is 0 Å². The van der Waals surface area contributed by atoms with Crippen LogP contribution < -0.4 is 0 Å². The van der Waals surface area contributed by atoms with Crippen LogP contribution in [-0.4, -0.2) is 23.5 Å². The van der Waals surface area contributed by atoms with Crippen molar-refractivity contribution >= 4 is 0 Å². The molecule has 12 heavy (non-hydrogen) atoms. The highest BCUT2D eigenvalue weighted by Gasteiger charge is 2.31. The molecule has 1 aliphatic carbocycles. The number of nitriles is 1. The summed E-state index contributed by atoms with van der Waals surface area (Å²) in [5.41, 5.74) is 0. The van der Waals surface area contributed by atoms with Crippen molar-refractivity contribution in [3.63, 3.8) is 0 Å². The lowest BCUT2D eigenvalue weighted by Gasteiger charge is -2.25. The molecule has 0 spiro atoms. The first-order valence-electron chi connectivity index (χ1n) is 5.07. The van der Waals surface area contributed by atoms with Gasteiger partial charge in [0.25, 0.3) is 0 Å². The molecule has 1 aliphatic heterocycles. The van der Waals surface area contributed by atoms with Gasteiger partial charge in [0.2, 0.25) is 0 Å². The molecule has 0 bridgehead atoms. The second kappa shape index (κ2) is 3.45. The highest BCUT2D eigenvalue weighted by atomic mass is 15.2. The number of hydrogen-bond acceptors (Lipinski definition) is 2. The predicted molar refractivity (Wildman–Crippen MR) is 47.6 cm³/mol. The Hall–Kier alpha value is -0.550. The Morgan fingerprint density at radius 2 is 1.83 bits per heavy atom. The van der Waals surface area contributed by atoms with Crippen molar-refractivity contribution in [2.75, 3.05) is 6.54 Å². The molecule has 0 amide bonds. The van der Waals surface area contributed by atoms with Gasteiger partial charge in [-0.15, -0.1) is 0 Å². The fourth-order valence-electron chi connectivity index (χ4n) is 2.60. The summed E-state index contributed by atoms with van der Waals surface area (Å²) >= 11 is 0. The molecule has 66 valence electrons. The monoisotopic (exact) mass is 164 g/mol. The Labute approximate surface area is 74.2 Å². The number of hydrogen-bond donors (Lipinski definition) is 0. The van der Waals surface area contributed by atoms with E-state index in [9.17, 15) is 0 Å². The Balaban J connectivity index is 1.97. The van der Waals surface area contributed by atoms with Crippen molar-refractivity contribution in [2.24, 2.45) is 0 Å². The van der Waals surface area contributed by atoms with E-state index < -0.39 is 0 Å². The molecule has 1 saturated heterocycles. The van der Waals surface area contributed by atoms with E-state index in [4.69, 9.17) is 5.26 Å². The van der Waals surface area contributed by atoms with E-state index >= 15 is 0 Å². The van der Waals surface area contributed by atoms with Crippen LogP contribution in [0.4, 0.5) is 0 Å². The summed E-state index contributed by atoms with van der Waals surface area (Å²) in [6.07, 6.45) is 7.75. The minimum absolute atomic E-state index is 0.244. The fourth-order valence-corrected chi connectivity index (χ4v) is 2.60. The first-order chi connectivity index (χ1) is 5.92. The lowest BCUT2D eigenvalue weighted by molar-refractivity contribution is 0.212. The molecule has 1 unspecified atom stereocenters. The average Bonchev–Trinajstić information content (AvgIpc) is 2.74. The molecule has 1 atom stereocenters. The summed E-state index contributed by atoms with van der Waals surface area (Å²) in [6.45, 7) is 1.17. The van der Waals surface area contributed by atoms with Gasteiger partial charge in [-0.2, -0.15) is 5.26 Å². The van der Waals surface area contributed by atoms with Crippen molar-refractivity contribution < 1.29 is 0 Å². The Morgan fingerprint density at radius 1 is 1.08 bits per heavy atom. The third-order valence-electron chi connectivity index (χ3n) is 3.24. The molecule has 0 aromatic heterocycles. The van der Waals surface area contributed by atoms with Crippen molar-refractivity contribution in [2.45, 2.75) is 50.6 Å². The van der Waals surface area contributed by atoms with Crippen LogP contribution >= 0.6 is 0 Å². The fraction of sp³-hybridized carbons (Fsp3) is 0.900. The van der Waals surface area contributed by atoms with E-state index in [2.05, 4.69) is 11.0 Å². The van der Waals surface area contributed by atoms with Crippen molar-refractivity contribution in [1.82, 2.24) is 4.90 Å². The van der Waals surface area contributed by atoms with Gasteiger partial charge >= 0.3 is 0 Å². The van der Waals surface area contributed by atoms with E-state index in [0.717, 1.165) is 12.5 Å². The van der Waals surface area contributed by atoms with Crippen LogP contribution in [0.3, 0.4) is 0 Å². The van der Waals surface area contributed by atoms with Crippen LogP contribution in [-0.2, 0) is 0 Å². The topological polar surface area (TPSA) is 27.0 Å². The number of likely N-dealkylation sites (tertiary alicyclic amines) is 1. The minimum atomic E-state index is 0.244. The van der Waals surface area contributed by atoms with E-state index in [1.165, 1.54) is 38.6 Å². The molecule has 2 heteroatoms. The molecule has 1 saturated carbocycles. The molecule has 0 aromatic carbocycles. The zero-order valence-corrected chi connectivity index (χ0v) is 7.50. The van der Waals surface area contributed by atoms with Crippen LogP contribution in [0.25, 0.3) is 0 Å². The molecule has 1 heterocycles. The Morgan fingerprint density at radius 3 is 2.50 bits per heavy atom. The van der Waals surface area contributed by atoms with Gasteiger partial charge in [-0.05, 0) is 32.2 Å². The number of rotatable bonds is 1. The average molecular weight is 164 g/mol. The van der Waals surface area contributed by atoms with Crippen LogP contribution in [0, 0.1) is 11.3 Å². The summed E-state index contributed by atoms with van der Waals surface area (Å²) < 4.78 is 0. The van der Waals surface area contributed by atoms with Crippen LogP contribution in [0.2, 0.25) is 0 Å². The lowest BCUT2D eigenvalue weighted by Crippen LogP contribution is -2.36. The Bertz CT molecular complexity index is 189. The summed E-state index contributed by atoms with van der Waals surface area (Å²) in [6, 6.07) is 3.41. The molecule has 2 aliphatic rings. The molecular weight excluding hydrogens is 148 g/mol. The largest absolute Gasteiger partial charge is 0.285 e. The molecule has 2 rings (SSSR count). The van der Waals surface area contributed by atoms with Gasteiger partial charge in [-0.25, -0.2) is 0 Å². The molecule has 0 aromatic rings. The maximum atomic E-state index is 8.91. The highest BCUT2D eigenvalue weighted by Crippen LogP contribution is 2.29. The zero-order valence-electron chi connectivity index (χ0n) is 7.50. The molecule has 0 radical (unpaired) electrons. The summed E-state index contributed by atoms with van der Waals surface area (Å²) in [5, 5.41) is 8.91. The lowest BCUT2D eigenvalue weighted by atomic mass is 10.2. The van der Waals surface area contributed by atoms with Crippen LogP contribution in [0.5, 0.6) is 0 Å². The first-order valence-corrected chi connectivity index (χ1v) is 5.07. The molecular formula is C10H16N2. The zero-order chi connectivity index (χ0) is 8.39. The second-order valence-corrected chi connectivity index (χ2v) is 3.96. The van der Waals surface area contributed by atoms with Crippen molar-refractivity contribution in [1.29, 1.82) is 5.26 Å².